The van der Waals surface area contributed by atoms with E-state index in [2.05, 4.69) is 27.8 Å². The number of urea groups is 1. The Kier molecular flexibility index (Phi) is 5.98. The highest BCUT2D eigenvalue weighted by Gasteiger charge is 2.37. The lowest BCUT2D eigenvalue weighted by atomic mass is 10.0. The number of nitrogens with zero attached hydrogens (tertiary/aromatic N) is 1. The van der Waals surface area contributed by atoms with Crippen LogP contribution >= 0.6 is 15.9 Å². The Bertz CT molecular complexity index is 1060. The van der Waals surface area contributed by atoms with Gasteiger partial charge in [0.1, 0.15) is 17.9 Å². The van der Waals surface area contributed by atoms with Gasteiger partial charge in [-0.2, -0.15) is 0 Å². The zero-order valence-electron chi connectivity index (χ0n) is 16.0. The van der Waals surface area contributed by atoms with Crippen molar-refractivity contribution in [3.05, 3.63) is 75.8 Å². The van der Waals surface area contributed by atoms with Crippen molar-refractivity contribution in [2.24, 2.45) is 0 Å². The standard InChI is InChI=1S/C22H19BrN2O4/c1-4-9-29-19-8-6-16(23)11-15(19)12-18-20(26)24-22(28)25(21(18)27)17-7-5-13(2)14(3)10-17/h4-8,10-12H,1,9H2,2-3H3,(H,24,26,28)/b18-12+. The molecule has 1 aliphatic rings. The van der Waals surface area contributed by atoms with Crippen LogP contribution in [-0.4, -0.2) is 24.5 Å². The van der Waals surface area contributed by atoms with E-state index in [-0.39, 0.29) is 12.2 Å². The molecule has 1 N–H and O–H groups in total. The molecule has 2 aromatic rings. The number of carbonyl (C=O) groups excluding carboxylic acids is 3. The number of benzene rings is 2. The van der Waals surface area contributed by atoms with Crippen molar-refractivity contribution in [3.63, 3.8) is 0 Å². The topological polar surface area (TPSA) is 75.7 Å². The maximum atomic E-state index is 13.1. The van der Waals surface area contributed by atoms with Gasteiger partial charge in [-0.3, -0.25) is 14.9 Å². The van der Waals surface area contributed by atoms with Gasteiger partial charge in [-0.25, -0.2) is 9.69 Å². The van der Waals surface area contributed by atoms with Crippen molar-refractivity contribution < 1.29 is 19.1 Å². The molecular weight excluding hydrogens is 436 g/mol. The normalized spacial score (nSPS) is 15.5. The molecule has 0 unspecified atom stereocenters. The number of halogens is 1. The first-order chi connectivity index (χ1) is 13.8. The number of anilines is 1. The average Bonchev–Trinajstić information content (AvgIpc) is 2.67. The van der Waals surface area contributed by atoms with Crippen molar-refractivity contribution in [2.45, 2.75) is 13.8 Å². The molecular formula is C22H19BrN2O4. The highest BCUT2D eigenvalue weighted by Crippen LogP contribution is 2.28. The number of hydrogen-bond acceptors (Lipinski definition) is 4. The summed E-state index contributed by atoms with van der Waals surface area (Å²) in [5, 5.41) is 2.23. The lowest BCUT2D eigenvalue weighted by Crippen LogP contribution is -2.54. The predicted molar refractivity (Wildman–Crippen MR) is 115 cm³/mol. The molecule has 3 rings (SSSR count). The van der Waals surface area contributed by atoms with Gasteiger partial charge in [0, 0.05) is 10.0 Å². The largest absolute Gasteiger partial charge is 0.489 e. The third kappa shape index (κ3) is 4.30. The van der Waals surface area contributed by atoms with Crippen molar-refractivity contribution >= 4 is 45.5 Å². The van der Waals surface area contributed by atoms with E-state index in [0.717, 1.165) is 20.5 Å². The summed E-state index contributed by atoms with van der Waals surface area (Å²) in [7, 11) is 0. The molecule has 29 heavy (non-hydrogen) atoms. The summed E-state index contributed by atoms with van der Waals surface area (Å²) in [4.78, 5) is 38.8. The first kappa shape index (κ1) is 20.5. The third-order valence-electron chi connectivity index (χ3n) is 4.48. The minimum absolute atomic E-state index is 0.163. The molecule has 1 fully saturated rings. The second kappa shape index (κ2) is 8.45. The van der Waals surface area contributed by atoms with E-state index in [9.17, 15) is 14.4 Å². The van der Waals surface area contributed by atoms with E-state index in [1.54, 1.807) is 36.4 Å². The molecule has 0 spiro atoms. The monoisotopic (exact) mass is 454 g/mol. The average molecular weight is 455 g/mol. The van der Waals surface area contributed by atoms with Crippen LogP contribution in [0, 0.1) is 13.8 Å². The van der Waals surface area contributed by atoms with Gasteiger partial charge in [0.25, 0.3) is 11.8 Å². The van der Waals surface area contributed by atoms with Crippen LogP contribution in [0.1, 0.15) is 16.7 Å². The minimum atomic E-state index is -0.780. The Morgan fingerprint density at radius 2 is 1.86 bits per heavy atom. The van der Waals surface area contributed by atoms with E-state index in [4.69, 9.17) is 4.74 Å². The molecule has 1 aliphatic heterocycles. The maximum Gasteiger partial charge on any atom is 0.335 e. The number of nitrogens with one attached hydrogen (secondary N) is 1. The molecule has 4 amide bonds. The van der Waals surface area contributed by atoms with Crippen LogP contribution in [0.3, 0.4) is 0 Å². The maximum absolute atomic E-state index is 13.1. The fraction of sp³-hybridized carbons (Fsp3) is 0.136. The van der Waals surface area contributed by atoms with Crippen LogP contribution in [0.2, 0.25) is 0 Å². The van der Waals surface area contributed by atoms with E-state index < -0.39 is 17.8 Å². The number of imide groups is 2. The van der Waals surface area contributed by atoms with Crippen LogP contribution in [-0.2, 0) is 9.59 Å². The second-order valence-corrected chi connectivity index (χ2v) is 7.42. The van der Waals surface area contributed by atoms with Crippen molar-refractivity contribution in [3.8, 4) is 5.75 Å². The summed E-state index contributed by atoms with van der Waals surface area (Å²) in [5.41, 5.74) is 2.71. The Morgan fingerprint density at radius 3 is 2.55 bits per heavy atom. The summed E-state index contributed by atoms with van der Waals surface area (Å²) in [5.74, 6) is -0.970. The number of ether oxygens (including phenoxy) is 1. The number of barbiturate groups is 1. The van der Waals surface area contributed by atoms with Gasteiger partial charge in [0.05, 0.1) is 5.69 Å². The summed E-state index contributed by atoms with van der Waals surface area (Å²) in [6.07, 6.45) is 3.01. The lowest BCUT2D eigenvalue weighted by molar-refractivity contribution is -0.122. The molecule has 2 aromatic carbocycles. The second-order valence-electron chi connectivity index (χ2n) is 6.51. The molecule has 148 valence electrons. The number of hydrogen-bond donors (Lipinski definition) is 1. The fourth-order valence-corrected chi connectivity index (χ4v) is 3.20. The Morgan fingerprint density at radius 1 is 1.10 bits per heavy atom. The van der Waals surface area contributed by atoms with E-state index in [0.29, 0.717) is 17.0 Å². The van der Waals surface area contributed by atoms with E-state index in [1.807, 2.05) is 19.9 Å². The van der Waals surface area contributed by atoms with Crippen molar-refractivity contribution in [1.29, 1.82) is 0 Å². The van der Waals surface area contributed by atoms with Gasteiger partial charge in [0.15, 0.2) is 0 Å². The number of aryl methyl sites for hydroxylation is 2. The first-order valence-electron chi connectivity index (χ1n) is 8.83. The molecule has 7 heteroatoms. The summed E-state index contributed by atoms with van der Waals surface area (Å²) in [6, 6.07) is 9.68. The summed E-state index contributed by atoms with van der Waals surface area (Å²) < 4.78 is 6.36. The smallest absolute Gasteiger partial charge is 0.335 e. The van der Waals surface area contributed by atoms with Crippen molar-refractivity contribution in [1.82, 2.24) is 5.32 Å². The van der Waals surface area contributed by atoms with Gasteiger partial charge in [-0.15, -0.1) is 0 Å². The molecule has 0 aromatic heterocycles. The SMILES string of the molecule is C=CCOc1ccc(Br)cc1/C=C1\C(=O)NC(=O)N(c2ccc(C)c(C)c2)C1=O. The summed E-state index contributed by atoms with van der Waals surface area (Å²) in [6.45, 7) is 7.71. The summed E-state index contributed by atoms with van der Waals surface area (Å²) >= 11 is 3.38. The number of rotatable bonds is 5. The highest BCUT2D eigenvalue weighted by atomic mass is 79.9. The van der Waals surface area contributed by atoms with Crippen LogP contribution in [0.5, 0.6) is 5.75 Å². The van der Waals surface area contributed by atoms with Crippen LogP contribution in [0.4, 0.5) is 10.5 Å². The third-order valence-corrected chi connectivity index (χ3v) is 4.97. The Hall–Kier alpha value is -3.19. The quantitative estimate of drug-likeness (QED) is 0.415. The van der Waals surface area contributed by atoms with Gasteiger partial charge in [0.2, 0.25) is 0 Å². The van der Waals surface area contributed by atoms with Gasteiger partial charge >= 0.3 is 6.03 Å². The van der Waals surface area contributed by atoms with Gasteiger partial charge < -0.3 is 4.74 Å². The van der Waals surface area contributed by atoms with Crippen LogP contribution in [0.25, 0.3) is 6.08 Å². The predicted octanol–water partition coefficient (Wildman–Crippen LogP) is 4.30. The van der Waals surface area contributed by atoms with Gasteiger partial charge in [-0.1, -0.05) is 34.7 Å². The molecule has 1 saturated heterocycles. The van der Waals surface area contributed by atoms with E-state index in [1.165, 1.54) is 6.08 Å². The molecule has 0 radical (unpaired) electrons. The number of carbonyl (C=O) groups is 3. The molecule has 0 atom stereocenters. The highest BCUT2D eigenvalue weighted by molar-refractivity contribution is 9.10. The minimum Gasteiger partial charge on any atom is -0.489 e. The number of amides is 4. The first-order valence-corrected chi connectivity index (χ1v) is 9.63. The van der Waals surface area contributed by atoms with Crippen molar-refractivity contribution in [2.75, 3.05) is 11.5 Å². The molecule has 0 bridgehead atoms. The molecule has 0 saturated carbocycles. The zero-order valence-corrected chi connectivity index (χ0v) is 17.6. The zero-order chi connectivity index (χ0) is 21.1. The Labute approximate surface area is 177 Å². The fourth-order valence-electron chi connectivity index (χ4n) is 2.82. The molecule has 0 aliphatic carbocycles. The van der Waals surface area contributed by atoms with Crippen LogP contribution in [0.15, 0.2) is 59.1 Å². The van der Waals surface area contributed by atoms with E-state index >= 15 is 0 Å². The van der Waals surface area contributed by atoms with Crippen LogP contribution < -0.4 is 15.0 Å². The van der Waals surface area contributed by atoms with Gasteiger partial charge in [-0.05, 0) is 61.4 Å². The molecule has 1 heterocycles. The molecule has 6 nitrogen and oxygen atoms in total. The lowest BCUT2D eigenvalue weighted by Gasteiger charge is -2.27. The Balaban J connectivity index is 2.05.